The van der Waals surface area contributed by atoms with E-state index in [2.05, 4.69) is 35.8 Å². The van der Waals surface area contributed by atoms with Gasteiger partial charge in [-0.1, -0.05) is 33.0 Å². The minimum atomic E-state index is -0.0498. The van der Waals surface area contributed by atoms with Gasteiger partial charge in [0.1, 0.15) is 10.5 Å². The van der Waals surface area contributed by atoms with E-state index in [1.165, 1.54) is 0 Å². The summed E-state index contributed by atoms with van der Waals surface area (Å²) >= 11 is 5.20. The first kappa shape index (κ1) is 12.0. The molecule has 4 nitrogen and oxygen atoms in total. The van der Waals surface area contributed by atoms with Crippen molar-refractivity contribution in [3.05, 3.63) is 28.9 Å². The Balaban J connectivity index is 2.57. The summed E-state index contributed by atoms with van der Waals surface area (Å²) in [5.41, 5.74) is 1.93. The Hall–Kier alpha value is -1.49. The molecule has 0 saturated carbocycles. The molecule has 0 aliphatic carbocycles. The highest BCUT2D eigenvalue weighted by Crippen LogP contribution is 2.22. The third-order valence-electron chi connectivity index (χ3n) is 2.47. The lowest BCUT2D eigenvalue weighted by Crippen LogP contribution is -2.16. The van der Waals surface area contributed by atoms with Crippen LogP contribution in [0.15, 0.2) is 18.5 Å². The van der Waals surface area contributed by atoms with E-state index < -0.39 is 0 Å². The number of nitrogens with one attached hydrogen (secondary N) is 1. The lowest BCUT2D eigenvalue weighted by molar-refractivity contribution is 0.545. The van der Waals surface area contributed by atoms with Gasteiger partial charge >= 0.3 is 0 Å². The van der Waals surface area contributed by atoms with Crippen molar-refractivity contribution in [1.29, 1.82) is 0 Å². The second-order valence-corrected chi connectivity index (χ2v) is 5.55. The first-order chi connectivity index (χ1) is 7.86. The highest BCUT2D eigenvalue weighted by atomic mass is 32.1. The Bertz CT molecular complexity index is 589. The van der Waals surface area contributed by atoms with Gasteiger partial charge in [-0.2, -0.15) is 5.10 Å². The largest absolute Gasteiger partial charge is 0.343 e. The van der Waals surface area contributed by atoms with Crippen LogP contribution in [0.1, 0.15) is 26.6 Å². The Morgan fingerprint density at radius 3 is 2.59 bits per heavy atom. The number of nitrogens with zero attached hydrogens (tertiary/aromatic N) is 3. The third-order valence-corrected chi connectivity index (χ3v) is 2.68. The van der Waals surface area contributed by atoms with Crippen LogP contribution in [-0.4, -0.2) is 19.7 Å². The van der Waals surface area contributed by atoms with Crippen LogP contribution in [0.4, 0.5) is 0 Å². The van der Waals surface area contributed by atoms with Crippen molar-refractivity contribution < 1.29 is 0 Å². The number of aryl methyl sites for hydroxylation is 1. The van der Waals surface area contributed by atoms with Gasteiger partial charge < -0.3 is 4.98 Å². The summed E-state index contributed by atoms with van der Waals surface area (Å²) in [5, 5.41) is 4.16. The van der Waals surface area contributed by atoms with Crippen molar-refractivity contribution in [2.45, 2.75) is 26.2 Å². The van der Waals surface area contributed by atoms with E-state index in [1.807, 2.05) is 25.5 Å². The summed E-state index contributed by atoms with van der Waals surface area (Å²) in [7, 11) is 1.89. The van der Waals surface area contributed by atoms with Gasteiger partial charge in [-0.25, -0.2) is 4.98 Å². The SMILES string of the molecule is Cn1cc(-c2cc(=S)nc(C(C)(C)C)[nH]2)cn1. The molecule has 0 aromatic carbocycles. The van der Waals surface area contributed by atoms with E-state index in [0.717, 1.165) is 17.1 Å². The van der Waals surface area contributed by atoms with E-state index in [0.29, 0.717) is 4.64 Å². The van der Waals surface area contributed by atoms with Crippen LogP contribution in [0.25, 0.3) is 11.3 Å². The van der Waals surface area contributed by atoms with Crippen molar-refractivity contribution in [1.82, 2.24) is 19.7 Å². The van der Waals surface area contributed by atoms with Gasteiger partial charge in [0.2, 0.25) is 0 Å². The lowest BCUT2D eigenvalue weighted by Gasteiger charge is -2.18. The van der Waals surface area contributed by atoms with Gasteiger partial charge in [0.15, 0.2) is 0 Å². The van der Waals surface area contributed by atoms with Gasteiger partial charge in [-0.05, 0) is 6.07 Å². The van der Waals surface area contributed by atoms with Crippen LogP contribution in [0, 0.1) is 4.64 Å². The summed E-state index contributed by atoms with van der Waals surface area (Å²) in [4.78, 5) is 7.69. The van der Waals surface area contributed by atoms with Crippen LogP contribution in [0.2, 0.25) is 0 Å². The number of H-pyrrole nitrogens is 1. The average Bonchev–Trinajstić information content (AvgIpc) is 2.62. The summed E-state index contributed by atoms with van der Waals surface area (Å²) in [6, 6.07) is 1.86. The first-order valence-electron chi connectivity index (χ1n) is 5.47. The van der Waals surface area contributed by atoms with Crippen molar-refractivity contribution in [2.24, 2.45) is 7.05 Å². The van der Waals surface area contributed by atoms with Crippen molar-refractivity contribution in [3.8, 4) is 11.3 Å². The molecule has 0 fully saturated rings. The molecule has 0 radical (unpaired) electrons. The molecule has 2 rings (SSSR count). The first-order valence-corrected chi connectivity index (χ1v) is 5.88. The molecule has 0 spiro atoms. The maximum Gasteiger partial charge on any atom is 0.130 e. The maximum absolute atomic E-state index is 5.20. The van der Waals surface area contributed by atoms with Gasteiger partial charge in [0.25, 0.3) is 0 Å². The van der Waals surface area contributed by atoms with Gasteiger partial charge in [-0.15, -0.1) is 0 Å². The fourth-order valence-electron chi connectivity index (χ4n) is 1.53. The van der Waals surface area contributed by atoms with Gasteiger partial charge in [0, 0.05) is 24.2 Å². The fraction of sp³-hybridized carbons (Fsp3) is 0.417. The summed E-state index contributed by atoms with van der Waals surface area (Å²) < 4.78 is 2.37. The van der Waals surface area contributed by atoms with Crippen LogP contribution in [0.3, 0.4) is 0 Å². The average molecular weight is 248 g/mol. The molecule has 2 aromatic rings. The number of rotatable bonds is 1. The van der Waals surface area contributed by atoms with Crippen molar-refractivity contribution in [2.75, 3.05) is 0 Å². The van der Waals surface area contributed by atoms with Crippen LogP contribution >= 0.6 is 12.2 Å². The zero-order valence-electron chi connectivity index (χ0n) is 10.5. The van der Waals surface area contributed by atoms with E-state index in [4.69, 9.17) is 12.2 Å². The summed E-state index contributed by atoms with van der Waals surface area (Å²) in [6.45, 7) is 6.31. The van der Waals surface area contributed by atoms with E-state index in [1.54, 1.807) is 4.68 Å². The lowest BCUT2D eigenvalue weighted by atomic mass is 9.95. The summed E-state index contributed by atoms with van der Waals surface area (Å²) in [5.74, 6) is 0.892. The highest BCUT2D eigenvalue weighted by molar-refractivity contribution is 7.71. The highest BCUT2D eigenvalue weighted by Gasteiger charge is 2.17. The minimum absolute atomic E-state index is 0.0498. The fourth-order valence-corrected chi connectivity index (χ4v) is 1.74. The van der Waals surface area contributed by atoms with Crippen molar-refractivity contribution in [3.63, 3.8) is 0 Å². The predicted molar refractivity (Wildman–Crippen MR) is 70.3 cm³/mol. The maximum atomic E-state index is 5.20. The van der Waals surface area contributed by atoms with Gasteiger partial charge in [0.05, 0.1) is 11.9 Å². The van der Waals surface area contributed by atoms with Crippen molar-refractivity contribution >= 4 is 12.2 Å². The van der Waals surface area contributed by atoms with Crippen LogP contribution in [0.5, 0.6) is 0 Å². The molecule has 0 saturated heterocycles. The van der Waals surface area contributed by atoms with E-state index in [9.17, 15) is 0 Å². The normalized spacial score (nSPS) is 11.8. The zero-order valence-corrected chi connectivity index (χ0v) is 11.3. The molecule has 0 amide bonds. The Labute approximate surface area is 106 Å². The topological polar surface area (TPSA) is 46.5 Å². The van der Waals surface area contributed by atoms with Gasteiger partial charge in [-0.3, -0.25) is 4.68 Å². The van der Waals surface area contributed by atoms with E-state index >= 15 is 0 Å². The Kier molecular flexibility index (Phi) is 2.87. The molecule has 2 heterocycles. The number of hydrogen-bond acceptors (Lipinski definition) is 3. The molecule has 0 aliphatic rings. The molecule has 0 aliphatic heterocycles. The quantitative estimate of drug-likeness (QED) is 0.789. The Morgan fingerprint density at radius 1 is 1.35 bits per heavy atom. The summed E-state index contributed by atoms with van der Waals surface area (Å²) in [6.07, 6.45) is 3.76. The number of aromatic nitrogens is 4. The third kappa shape index (κ3) is 2.61. The molecule has 1 N–H and O–H groups in total. The smallest absolute Gasteiger partial charge is 0.130 e. The number of aromatic amines is 1. The molecule has 0 unspecified atom stereocenters. The second kappa shape index (κ2) is 4.07. The second-order valence-electron chi connectivity index (χ2n) is 5.13. The molecule has 0 atom stereocenters. The monoisotopic (exact) mass is 248 g/mol. The zero-order chi connectivity index (χ0) is 12.6. The standard InChI is InChI=1S/C12H16N4S/c1-12(2,3)11-14-9(5-10(17)15-11)8-6-13-16(4)7-8/h5-7H,1-4H3,(H,14,15,17). The molecular weight excluding hydrogens is 232 g/mol. The molecule has 2 aromatic heterocycles. The predicted octanol–water partition coefficient (Wildman–Crippen LogP) is 2.84. The van der Waals surface area contributed by atoms with Crippen LogP contribution < -0.4 is 0 Å². The Morgan fingerprint density at radius 2 is 2.06 bits per heavy atom. The minimum Gasteiger partial charge on any atom is -0.343 e. The number of hydrogen-bond donors (Lipinski definition) is 1. The van der Waals surface area contributed by atoms with Crippen LogP contribution in [-0.2, 0) is 12.5 Å². The molecule has 0 bridgehead atoms. The molecule has 90 valence electrons. The molecular formula is C12H16N4S. The molecule has 17 heavy (non-hydrogen) atoms. The molecule has 5 heteroatoms. The van der Waals surface area contributed by atoms with E-state index in [-0.39, 0.29) is 5.41 Å².